The number of rotatable bonds is 10. The quantitative estimate of drug-likeness (QED) is 0.205. The van der Waals surface area contributed by atoms with Crippen molar-refractivity contribution in [1.29, 1.82) is 0 Å². The summed E-state index contributed by atoms with van der Waals surface area (Å²) in [5.41, 5.74) is 7.51. The van der Waals surface area contributed by atoms with Crippen molar-refractivity contribution >= 4 is 0 Å². The van der Waals surface area contributed by atoms with E-state index in [2.05, 4.69) is 56.8 Å². The molecule has 0 spiro atoms. The van der Waals surface area contributed by atoms with Crippen LogP contribution in [0.5, 0.6) is 0 Å². The summed E-state index contributed by atoms with van der Waals surface area (Å²) in [7, 11) is 0. The molecule has 0 radical (unpaired) electrons. The van der Waals surface area contributed by atoms with Gasteiger partial charge in [0.2, 0.25) is 0 Å². The fourth-order valence-corrected chi connectivity index (χ4v) is 5.55. The summed E-state index contributed by atoms with van der Waals surface area (Å²) in [5, 5.41) is 0. The highest BCUT2D eigenvalue weighted by atomic mass is 19.1. The normalized spacial score (nSPS) is 17.9. The van der Waals surface area contributed by atoms with E-state index in [0.29, 0.717) is 11.5 Å². The third-order valence-corrected chi connectivity index (χ3v) is 7.85. The summed E-state index contributed by atoms with van der Waals surface area (Å²) in [4.78, 5) is 0. The van der Waals surface area contributed by atoms with Crippen molar-refractivity contribution in [2.24, 2.45) is 5.92 Å². The number of hydrogen-bond donors (Lipinski definition) is 0. The van der Waals surface area contributed by atoms with Gasteiger partial charge in [-0.05, 0) is 91.2 Å². The Balaban J connectivity index is 1.38. The van der Waals surface area contributed by atoms with E-state index in [1.165, 1.54) is 68.1 Å². The van der Waals surface area contributed by atoms with Crippen molar-refractivity contribution in [2.45, 2.75) is 84.0 Å². The molecular formula is C34H41F. The molecule has 0 heterocycles. The molecule has 1 saturated carbocycles. The lowest BCUT2D eigenvalue weighted by molar-refractivity contribution is 0.303. The maximum atomic E-state index is 15.1. The van der Waals surface area contributed by atoms with E-state index in [0.717, 1.165) is 35.4 Å². The molecule has 0 aliphatic heterocycles. The van der Waals surface area contributed by atoms with Gasteiger partial charge in [0.15, 0.2) is 0 Å². The third kappa shape index (κ3) is 6.94. The summed E-state index contributed by atoms with van der Waals surface area (Å²) in [5.74, 6) is 1.46. The van der Waals surface area contributed by atoms with Crippen LogP contribution in [-0.2, 0) is 6.42 Å². The Morgan fingerprint density at radius 2 is 1.49 bits per heavy atom. The molecule has 0 N–H and O–H groups in total. The first-order valence-electron chi connectivity index (χ1n) is 13.7. The third-order valence-electron chi connectivity index (χ3n) is 7.85. The Bertz CT molecular complexity index is 1080. The minimum atomic E-state index is -0.164. The smallest absolute Gasteiger partial charge is 0.131 e. The van der Waals surface area contributed by atoms with Crippen LogP contribution in [0.1, 0.15) is 88.7 Å². The first-order valence-corrected chi connectivity index (χ1v) is 13.7. The first kappa shape index (κ1) is 25.4. The summed E-state index contributed by atoms with van der Waals surface area (Å²) in [6.07, 6.45) is 12.8. The van der Waals surface area contributed by atoms with Gasteiger partial charge in [-0.25, -0.2) is 4.39 Å². The Labute approximate surface area is 212 Å². The van der Waals surface area contributed by atoms with Gasteiger partial charge in [-0.1, -0.05) is 98.8 Å². The van der Waals surface area contributed by atoms with E-state index in [9.17, 15) is 0 Å². The molecule has 0 unspecified atom stereocenters. The molecule has 0 atom stereocenters. The Hall–Kier alpha value is -2.67. The molecule has 0 saturated heterocycles. The van der Waals surface area contributed by atoms with E-state index in [4.69, 9.17) is 0 Å². The number of halogens is 1. The van der Waals surface area contributed by atoms with Gasteiger partial charge in [0.1, 0.15) is 5.82 Å². The van der Waals surface area contributed by atoms with Gasteiger partial charge >= 0.3 is 0 Å². The van der Waals surface area contributed by atoms with Crippen LogP contribution in [0, 0.1) is 11.7 Å². The second-order valence-corrected chi connectivity index (χ2v) is 10.7. The molecule has 4 rings (SSSR count). The molecule has 35 heavy (non-hydrogen) atoms. The lowest BCUT2D eigenvalue weighted by atomic mass is 9.77. The summed E-state index contributed by atoms with van der Waals surface area (Å²) in [6.45, 7) is 8.31. The van der Waals surface area contributed by atoms with E-state index in [1.807, 2.05) is 24.3 Å². The van der Waals surface area contributed by atoms with E-state index >= 15 is 4.39 Å². The number of unbranched alkanes of at least 4 members (excludes halogenated alkanes) is 2. The Morgan fingerprint density at radius 3 is 2.11 bits per heavy atom. The maximum absolute atomic E-state index is 15.1. The van der Waals surface area contributed by atoms with Crippen LogP contribution >= 0.6 is 0 Å². The van der Waals surface area contributed by atoms with Gasteiger partial charge in [0.25, 0.3) is 0 Å². The van der Waals surface area contributed by atoms with Crippen molar-refractivity contribution in [2.75, 3.05) is 0 Å². The number of allylic oxidation sites excluding steroid dienone is 1. The number of hydrogen-bond acceptors (Lipinski definition) is 0. The zero-order valence-corrected chi connectivity index (χ0v) is 21.7. The molecular weight excluding hydrogens is 427 g/mol. The van der Waals surface area contributed by atoms with Crippen LogP contribution in [0.2, 0.25) is 0 Å². The predicted molar refractivity (Wildman–Crippen MR) is 149 cm³/mol. The van der Waals surface area contributed by atoms with Crippen molar-refractivity contribution < 1.29 is 4.39 Å². The van der Waals surface area contributed by atoms with Crippen molar-refractivity contribution in [3.63, 3.8) is 0 Å². The molecule has 184 valence electrons. The fourth-order valence-electron chi connectivity index (χ4n) is 5.55. The standard InChI is InChI=1S/C34H41F/c1-4-5-6-7-26-10-14-28(15-11-26)29-18-20-30(21-19-29)32-22-23-33(34(35)24-32)31-16-12-27(13-17-31)9-8-25(2)3/h12-13,16-24,26,28H,2,4-11,14-15H2,1,3H3. The zero-order valence-electron chi connectivity index (χ0n) is 21.7. The zero-order chi connectivity index (χ0) is 24.6. The van der Waals surface area contributed by atoms with Crippen LogP contribution in [0.15, 0.2) is 78.9 Å². The van der Waals surface area contributed by atoms with E-state index in [-0.39, 0.29) is 5.82 Å². The average Bonchev–Trinajstić information content (AvgIpc) is 2.88. The summed E-state index contributed by atoms with van der Waals surface area (Å²) >= 11 is 0. The van der Waals surface area contributed by atoms with Crippen molar-refractivity contribution in [3.05, 3.63) is 95.8 Å². The van der Waals surface area contributed by atoms with E-state index in [1.54, 1.807) is 6.07 Å². The van der Waals surface area contributed by atoms with Crippen molar-refractivity contribution in [3.8, 4) is 22.3 Å². The van der Waals surface area contributed by atoms with Crippen LogP contribution in [0.3, 0.4) is 0 Å². The fraction of sp³-hybridized carbons (Fsp3) is 0.412. The SMILES string of the molecule is C=C(C)CCc1ccc(-c2ccc(-c3ccc(C4CCC(CCCCC)CC4)cc3)cc2F)cc1. The average molecular weight is 469 g/mol. The second kappa shape index (κ2) is 12.3. The predicted octanol–water partition coefficient (Wildman–Crippen LogP) is 10.5. The molecule has 0 nitrogen and oxygen atoms in total. The largest absolute Gasteiger partial charge is 0.206 e. The van der Waals surface area contributed by atoms with Crippen LogP contribution in [-0.4, -0.2) is 0 Å². The van der Waals surface area contributed by atoms with Gasteiger partial charge in [-0.2, -0.15) is 0 Å². The van der Waals surface area contributed by atoms with Crippen LogP contribution in [0.4, 0.5) is 4.39 Å². The molecule has 3 aromatic rings. The molecule has 1 aliphatic carbocycles. The molecule has 1 aliphatic rings. The van der Waals surface area contributed by atoms with Crippen molar-refractivity contribution in [1.82, 2.24) is 0 Å². The monoisotopic (exact) mass is 468 g/mol. The highest BCUT2D eigenvalue weighted by Gasteiger charge is 2.22. The lowest BCUT2D eigenvalue weighted by Crippen LogP contribution is -2.13. The first-order chi connectivity index (χ1) is 17.0. The number of benzene rings is 3. The summed E-state index contributed by atoms with van der Waals surface area (Å²) < 4.78 is 15.1. The molecule has 0 bridgehead atoms. The second-order valence-electron chi connectivity index (χ2n) is 10.7. The van der Waals surface area contributed by atoms with Gasteiger partial charge < -0.3 is 0 Å². The van der Waals surface area contributed by atoms with Gasteiger partial charge in [0.05, 0.1) is 0 Å². The Kier molecular flexibility index (Phi) is 8.96. The minimum Gasteiger partial charge on any atom is -0.206 e. The molecule has 0 aromatic heterocycles. The Morgan fingerprint density at radius 1 is 0.829 bits per heavy atom. The van der Waals surface area contributed by atoms with Crippen LogP contribution in [0.25, 0.3) is 22.3 Å². The summed E-state index contributed by atoms with van der Waals surface area (Å²) in [6, 6.07) is 22.8. The molecule has 1 heteroatoms. The van der Waals surface area contributed by atoms with E-state index < -0.39 is 0 Å². The number of aryl methyl sites for hydroxylation is 1. The highest BCUT2D eigenvalue weighted by Crippen LogP contribution is 2.38. The molecule has 1 fully saturated rings. The minimum absolute atomic E-state index is 0.164. The van der Waals surface area contributed by atoms with Gasteiger partial charge in [0, 0.05) is 5.56 Å². The highest BCUT2D eigenvalue weighted by molar-refractivity contribution is 5.71. The molecule has 0 amide bonds. The topological polar surface area (TPSA) is 0 Å². The van der Waals surface area contributed by atoms with Gasteiger partial charge in [-0.15, -0.1) is 6.58 Å². The van der Waals surface area contributed by atoms with Crippen LogP contribution < -0.4 is 0 Å². The maximum Gasteiger partial charge on any atom is 0.131 e. The molecule has 3 aromatic carbocycles. The van der Waals surface area contributed by atoms with Gasteiger partial charge in [-0.3, -0.25) is 0 Å². The lowest BCUT2D eigenvalue weighted by Gasteiger charge is -2.29.